The standard InChI is InChI=1S/C22H28N2O4/c1-17(18-3-7-20(27-2)8-4-18)23-12-14-24(15-13-23)22(26)11-16-28-21-9-5-19(25)6-10-21/h3-10,17,25H,11-16H2,1-2H3. The van der Waals surface area contributed by atoms with Crippen molar-refractivity contribution in [1.29, 1.82) is 0 Å². The lowest BCUT2D eigenvalue weighted by atomic mass is 10.1. The van der Waals surface area contributed by atoms with Crippen LogP contribution < -0.4 is 9.47 Å². The quantitative estimate of drug-likeness (QED) is 0.795. The van der Waals surface area contributed by atoms with Gasteiger partial charge in [-0.2, -0.15) is 0 Å². The molecule has 2 aromatic rings. The minimum Gasteiger partial charge on any atom is -0.508 e. The lowest BCUT2D eigenvalue weighted by Crippen LogP contribution is -2.49. The van der Waals surface area contributed by atoms with Crippen LogP contribution in [-0.4, -0.2) is 60.7 Å². The van der Waals surface area contributed by atoms with E-state index in [9.17, 15) is 9.90 Å². The maximum absolute atomic E-state index is 12.4. The summed E-state index contributed by atoms with van der Waals surface area (Å²) in [7, 11) is 1.67. The number of ether oxygens (including phenoxy) is 2. The third-order valence-electron chi connectivity index (χ3n) is 5.23. The van der Waals surface area contributed by atoms with Crippen molar-refractivity contribution in [2.24, 2.45) is 0 Å². The van der Waals surface area contributed by atoms with Gasteiger partial charge in [0.05, 0.1) is 20.1 Å². The summed E-state index contributed by atoms with van der Waals surface area (Å²) >= 11 is 0. The summed E-state index contributed by atoms with van der Waals surface area (Å²) in [5, 5.41) is 9.27. The summed E-state index contributed by atoms with van der Waals surface area (Å²) in [6, 6.07) is 15.0. The third kappa shape index (κ3) is 5.16. The summed E-state index contributed by atoms with van der Waals surface area (Å²) < 4.78 is 10.8. The topological polar surface area (TPSA) is 62.2 Å². The monoisotopic (exact) mass is 384 g/mol. The molecular formula is C22H28N2O4. The molecule has 1 heterocycles. The zero-order valence-corrected chi connectivity index (χ0v) is 16.5. The SMILES string of the molecule is COc1ccc(C(C)N2CCN(C(=O)CCOc3ccc(O)cc3)CC2)cc1. The number of benzene rings is 2. The Hall–Kier alpha value is -2.73. The van der Waals surface area contributed by atoms with Gasteiger partial charge < -0.3 is 19.5 Å². The zero-order chi connectivity index (χ0) is 19.9. The Bertz CT molecular complexity index is 753. The molecular weight excluding hydrogens is 356 g/mol. The molecule has 1 aliphatic rings. The molecule has 0 bridgehead atoms. The van der Waals surface area contributed by atoms with Crippen LogP contribution in [0.5, 0.6) is 17.2 Å². The Kier molecular flexibility index (Phi) is 6.76. The van der Waals surface area contributed by atoms with Crippen molar-refractivity contribution >= 4 is 5.91 Å². The first-order valence-corrected chi connectivity index (χ1v) is 9.64. The highest BCUT2D eigenvalue weighted by molar-refractivity contribution is 5.76. The number of amides is 1. The number of aromatic hydroxyl groups is 1. The van der Waals surface area contributed by atoms with Crippen molar-refractivity contribution in [3.63, 3.8) is 0 Å². The molecule has 0 aromatic heterocycles. The molecule has 1 N–H and O–H groups in total. The van der Waals surface area contributed by atoms with E-state index in [-0.39, 0.29) is 11.7 Å². The van der Waals surface area contributed by atoms with Gasteiger partial charge in [-0.3, -0.25) is 9.69 Å². The lowest BCUT2D eigenvalue weighted by molar-refractivity contribution is -0.133. The van der Waals surface area contributed by atoms with E-state index in [4.69, 9.17) is 9.47 Å². The van der Waals surface area contributed by atoms with Gasteiger partial charge in [-0.05, 0) is 48.9 Å². The molecule has 0 saturated carbocycles. The van der Waals surface area contributed by atoms with Gasteiger partial charge in [0.1, 0.15) is 17.2 Å². The van der Waals surface area contributed by atoms with Crippen LogP contribution in [0.4, 0.5) is 0 Å². The van der Waals surface area contributed by atoms with Crippen LogP contribution in [-0.2, 0) is 4.79 Å². The Morgan fingerprint density at radius 1 is 1.00 bits per heavy atom. The molecule has 6 heteroatoms. The van der Waals surface area contributed by atoms with Crippen molar-refractivity contribution in [3.05, 3.63) is 54.1 Å². The summed E-state index contributed by atoms with van der Waals surface area (Å²) in [4.78, 5) is 16.7. The Balaban J connectivity index is 1.42. The second-order valence-electron chi connectivity index (χ2n) is 6.96. The fourth-order valence-corrected chi connectivity index (χ4v) is 3.41. The highest BCUT2D eigenvalue weighted by atomic mass is 16.5. The summed E-state index contributed by atoms with van der Waals surface area (Å²) in [5.41, 5.74) is 1.25. The molecule has 1 unspecified atom stereocenters. The highest BCUT2D eigenvalue weighted by Crippen LogP contribution is 2.24. The van der Waals surface area contributed by atoms with E-state index in [2.05, 4.69) is 24.0 Å². The maximum Gasteiger partial charge on any atom is 0.226 e. The molecule has 150 valence electrons. The minimum absolute atomic E-state index is 0.121. The Labute approximate surface area is 166 Å². The smallest absolute Gasteiger partial charge is 0.226 e. The van der Waals surface area contributed by atoms with E-state index >= 15 is 0 Å². The van der Waals surface area contributed by atoms with Gasteiger partial charge in [0, 0.05) is 32.2 Å². The fraction of sp³-hybridized carbons (Fsp3) is 0.409. The van der Waals surface area contributed by atoms with Crippen molar-refractivity contribution in [3.8, 4) is 17.2 Å². The van der Waals surface area contributed by atoms with E-state index in [1.54, 1.807) is 31.4 Å². The number of piperazine rings is 1. The van der Waals surface area contributed by atoms with Gasteiger partial charge >= 0.3 is 0 Å². The minimum atomic E-state index is 0.121. The van der Waals surface area contributed by atoms with Crippen LogP contribution in [0.25, 0.3) is 0 Å². The molecule has 6 nitrogen and oxygen atoms in total. The van der Waals surface area contributed by atoms with E-state index in [1.807, 2.05) is 17.0 Å². The number of phenols is 1. The zero-order valence-electron chi connectivity index (χ0n) is 16.5. The lowest BCUT2D eigenvalue weighted by Gasteiger charge is -2.38. The van der Waals surface area contributed by atoms with Crippen LogP contribution in [0.1, 0.15) is 24.9 Å². The molecule has 1 atom stereocenters. The first-order valence-electron chi connectivity index (χ1n) is 9.64. The van der Waals surface area contributed by atoms with Crippen molar-refractivity contribution < 1.29 is 19.4 Å². The predicted molar refractivity (Wildman–Crippen MR) is 108 cm³/mol. The number of carbonyl (C=O) groups excluding carboxylic acids is 1. The van der Waals surface area contributed by atoms with Crippen molar-refractivity contribution in [2.45, 2.75) is 19.4 Å². The maximum atomic E-state index is 12.4. The second kappa shape index (κ2) is 9.46. The summed E-state index contributed by atoms with van der Waals surface area (Å²) in [6.45, 7) is 5.73. The molecule has 1 saturated heterocycles. The molecule has 1 aliphatic heterocycles. The Morgan fingerprint density at radius 2 is 1.61 bits per heavy atom. The number of phenolic OH excluding ortho intramolecular Hbond substituents is 1. The summed E-state index contributed by atoms with van der Waals surface area (Å²) in [5.74, 6) is 1.84. The van der Waals surface area contributed by atoms with Crippen LogP contribution in [0, 0.1) is 0 Å². The van der Waals surface area contributed by atoms with Crippen molar-refractivity contribution in [1.82, 2.24) is 9.80 Å². The predicted octanol–water partition coefficient (Wildman–Crippen LogP) is 3.08. The van der Waals surface area contributed by atoms with Gasteiger partial charge in [0.25, 0.3) is 0 Å². The number of carbonyl (C=O) groups is 1. The van der Waals surface area contributed by atoms with Gasteiger partial charge in [-0.1, -0.05) is 12.1 Å². The van der Waals surface area contributed by atoms with Gasteiger partial charge in [-0.25, -0.2) is 0 Å². The molecule has 0 spiro atoms. The van der Waals surface area contributed by atoms with Crippen LogP contribution >= 0.6 is 0 Å². The Morgan fingerprint density at radius 3 is 2.21 bits per heavy atom. The normalized spacial score (nSPS) is 15.9. The average molecular weight is 384 g/mol. The second-order valence-corrected chi connectivity index (χ2v) is 6.96. The molecule has 1 fully saturated rings. The molecule has 0 radical (unpaired) electrons. The molecule has 0 aliphatic carbocycles. The molecule has 3 rings (SSSR count). The van der Waals surface area contributed by atoms with Crippen LogP contribution in [0.15, 0.2) is 48.5 Å². The fourth-order valence-electron chi connectivity index (χ4n) is 3.41. The van der Waals surface area contributed by atoms with Crippen LogP contribution in [0.3, 0.4) is 0 Å². The third-order valence-corrected chi connectivity index (χ3v) is 5.23. The van der Waals surface area contributed by atoms with Crippen molar-refractivity contribution in [2.75, 3.05) is 39.9 Å². The summed E-state index contributed by atoms with van der Waals surface area (Å²) in [6.07, 6.45) is 0.356. The number of methoxy groups -OCH3 is 1. The van der Waals surface area contributed by atoms with Gasteiger partial charge in [-0.15, -0.1) is 0 Å². The first-order chi connectivity index (χ1) is 13.6. The largest absolute Gasteiger partial charge is 0.508 e. The molecule has 2 aromatic carbocycles. The molecule has 1 amide bonds. The number of rotatable bonds is 7. The van der Waals surface area contributed by atoms with Crippen LogP contribution in [0.2, 0.25) is 0 Å². The van der Waals surface area contributed by atoms with E-state index in [0.29, 0.717) is 24.8 Å². The number of hydrogen-bond acceptors (Lipinski definition) is 5. The number of nitrogens with zero attached hydrogens (tertiary/aromatic N) is 2. The van der Waals surface area contributed by atoms with Gasteiger partial charge in [0.2, 0.25) is 5.91 Å². The average Bonchev–Trinajstić information content (AvgIpc) is 2.74. The highest BCUT2D eigenvalue weighted by Gasteiger charge is 2.24. The van der Waals surface area contributed by atoms with E-state index in [1.165, 1.54) is 5.56 Å². The first kappa shape index (κ1) is 20.0. The van der Waals surface area contributed by atoms with Gasteiger partial charge in [0.15, 0.2) is 0 Å². The van der Waals surface area contributed by atoms with E-state index < -0.39 is 0 Å². The molecule has 28 heavy (non-hydrogen) atoms. The van der Waals surface area contributed by atoms with E-state index in [0.717, 1.165) is 31.9 Å². The number of hydrogen-bond donors (Lipinski definition) is 1.